The van der Waals surface area contributed by atoms with Crippen LogP contribution in [0.15, 0.2) is 18.2 Å². The summed E-state index contributed by atoms with van der Waals surface area (Å²) < 4.78 is 0. The van der Waals surface area contributed by atoms with Gasteiger partial charge in [0, 0.05) is 13.1 Å². The molecule has 0 atom stereocenters. The van der Waals surface area contributed by atoms with Gasteiger partial charge < -0.3 is 10.2 Å². The third-order valence-electron chi connectivity index (χ3n) is 3.30. The molecule has 0 bridgehead atoms. The highest BCUT2D eigenvalue weighted by atomic mass is 35.5. The van der Waals surface area contributed by atoms with E-state index < -0.39 is 0 Å². The quantitative estimate of drug-likeness (QED) is 0.839. The zero-order valence-electron chi connectivity index (χ0n) is 9.95. The first-order chi connectivity index (χ1) is 8.22. The second-order valence-corrected chi connectivity index (χ2v) is 4.97. The van der Waals surface area contributed by atoms with E-state index >= 15 is 0 Å². The van der Waals surface area contributed by atoms with Crippen molar-refractivity contribution in [3.05, 3.63) is 23.2 Å². The number of nitrogens with one attached hydrogen (secondary N) is 1. The SMILES string of the molecule is CC1CCN(c2c(Cl)cccc2NC=O)CC1. The number of carbonyl (C=O) groups excluding carboxylic acids is 1. The predicted molar refractivity (Wildman–Crippen MR) is 71.7 cm³/mol. The van der Waals surface area contributed by atoms with Gasteiger partial charge >= 0.3 is 0 Å². The van der Waals surface area contributed by atoms with Gasteiger partial charge in [-0.15, -0.1) is 0 Å². The minimum atomic E-state index is 0.696. The molecule has 1 aliphatic heterocycles. The number of hydrogen-bond acceptors (Lipinski definition) is 2. The summed E-state index contributed by atoms with van der Waals surface area (Å²) in [5.41, 5.74) is 1.75. The predicted octanol–water partition coefficient (Wildman–Crippen LogP) is 3.14. The van der Waals surface area contributed by atoms with Crippen molar-refractivity contribution in [1.29, 1.82) is 0 Å². The number of para-hydroxylation sites is 1. The molecule has 1 heterocycles. The molecule has 0 saturated carbocycles. The van der Waals surface area contributed by atoms with Crippen LogP contribution in [0.25, 0.3) is 0 Å². The maximum atomic E-state index is 10.6. The number of benzene rings is 1. The van der Waals surface area contributed by atoms with Gasteiger partial charge in [-0.3, -0.25) is 4.79 Å². The molecular formula is C13H17ClN2O. The van der Waals surface area contributed by atoms with E-state index in [9.17, 15) is 4.79 Å². The van der Waals surface area contributed by atoms with Crippen LogP contribution in [-0.2, 0) is 4.79 Å². The molecule has 4 heteroatoms. The standard InChI is InChI=1S/C13H17ClN2O/c1-10-5-7-16(8-6-10)13-11(14)3-2-4-12(13)15-9-17/h2-4,9-10H,5-8H2,1H3,(H,15,17). The van der Waals surface area contributed by atoms with Crippen LogP contribution >= 0.6 is 11.6 Å². The van der Waals surface area contributed by atoms with Crippen LogP contribution in [0.1, 0.15) is 19.8 Å². The molecule has 0 spiro atoms. The maximum absolute atomic E-state index is 10.6. The molecule has 1 aromatic carbocycles. The van der Waals surface area contributed by atoms with E-state index in [1.807, 2.05) is 18.2 Å². The van der Waals surface area contributed by atoms with E-state index in [-0.39, 0.29) is 0 Å². The van der Waals surface area contributed by atoms with Crippen molar-refractivity contribution in [2.75, 3.05) is 23.3 Å². The van der Waals surface area contributed by atoms with E-state index in [0.717, 1.165) is 30.4 Å². The largest absolute Gasteiger partial charge is 0.369 e. The molecule has 0 radical (unpaired) electrons. The van der Waals surface area contributed by atoms with E-state index in [2.05, 4.69) is 17.1 Å². The molecule has 1 aromatic rings. The summed E-state index contributed by atoms with van der Waals surface area (Å²) in [5, 5.41) is 3.42. The topological polar surface area (TPSA) is 32.3 Å². The number of anilines is 2. The molecule has 0 unspecified atom stereocenters. The summed E-state index contributed by atoms with van der Waals surface area (Å²) >= 11 is 6.24. The molecule has 3 nitrogen and oxygen atoms in total. The summed E-state index contributed by atoms with van der Waals surface area (Å²) in [4.78, 5) is 12.9. The Labute approximate surface area is 107 Å². The zero-order valence-corrected chi connectivity index (χ0v) is 10.7. The van der Waals surface area contributed by atoms with Gasteiger partial charge in [0.2, 0.25) is 6.41 Å². The van der Waals surface area contributed by atoms with Crippen LogP contribution in [-0.4, -0.2) is 19.5 Å². The van der Waals surface area contributed by atoms with E-state index in [1.54, 1.807) is 0 Å². The zero-order chi connectivity index (χ0) is 12.3. The number of hydrogen-bond donors (Lipinski definition) is 1. The maximum Gasteiger partial charge on any atom is 0.211 e. The highest BCUT2D eigenvalue weighted by Gasteiger charge is 2.20. The lowest BCUT2D eigenvalue weighted by Gasteiger charge is -2.33. The van der Waals surface area contributed by atoms with Crippen molar-refractivity contribution in [1.82, 2.24) is 0 Å². The number of rotatable bonds is 3. The van der Waals surface area contributed by atoms with Gasteiger partial charge in [0.1, 0.15) is 0 Å². The van der Waals surface area contributed by atoms with Crippen molar-refractivity contribution in [3.8, 4) is 0 Å². The molecule has 17 heavy (non-hydrogen) atoms. The summed E-state index contributed by atoms with van der Waals surface area (Å²) in [6, 6.07) is 5.60. The van der Waals surface area contributed by atoms with Gasteiger partial charge in [0.05, 0.1) is 16.4 Å². The normalized spacial score (nSPS) is 16.9. The lowest BCUT2D eigenvalue weighted by atomic mass is 9.98. The smallest absolute Gasteiger partial charge is 0.211 e. The van der Waals surface area contributed by atoms with Crippen LogP contribution in [0.3, 0.4) is 0 Å². The van der Waals surface area contributed by atoms with Gasteiger partial charge in [0.15, 0.2) is 0 Å². The van der Waals surface area contributed by atoms with Crippen LogP contribution in [0.4, 0.5) is 11.4 Å². The molecular weight excluding hydrogens is 236 g/mol. The van der Waals surface area contributed by atoms with E-state index in [1.165, 1.54) is 12.8 Å². The minimum Gasteiger partial charge on any atom is -0.369 e. The lowest BCUT2D eigenvalue weighted by molar-refractivity contribution is -0.105. The fourth-order valence-electron chi connectivity index (χ4n) is 2.25. The highest BCUT2D eigenvalue weighted by Crippen LogP contribution is 2.35. The van der Waals surface area contributed by atoms with Crippen molar-refractivity contribution < 1.29 is 4.79 Å². The molecule has 0 aliphatic carbocycles. The molecule has 1 N–H and O–H groups in total. The summed E-state index contributed by atoms with van der Waals surface area (Å²) in [7, 11) is 0. The van der Waals surface area contributed by atoms with Crippen LogP contribution in [0.5, 0.6) is 0 Å². The molecule has 0 aromatic heterocycles. The second kappa shape index (κ2) is 5.41. The molecule has 92 valence electrons. The molecule has 1 saturated heterocycles. The van der Waals surface area contributed by atoms with Gasteiger partial charge in [-0.1, -0.05) is 24.6 Å². The van der Waals surface area contributed by atoms with Crippen molar-refractivity contribution >= 4 is 29.4 Å². The van der Waals surface area contributed by atoms with Crippen LogP contribution in [0.2, 0.25) is 5.02 Å². The first-order valence-corrected chi connectivity index (χ1v) is 6.34. The monoisotopic (exact) mass is 252 g/mol. The van der Waals surface area contributed by atoms with Gasteiger partial charge in [0.25, 0.3) is 0 Å². The molecule has 1 amide bonds. The van der Waals surface area contributed by atoms with Crippen molar-refractivity contribution in [2.45, 2.75) is 19.8 Å². The Balaban J connectivity index is 2.26. The average Bonchev–Trinajstić information content (AvgIpc) is 2.32. The molecule has 1 fully saturated rings. The third kappa shape index (κ3) is 2.72. The number of piperidine rings is 1. The van der Waals surface area contributed by atoms with Gasteiger partial charge in [-0.2, -0.15) is 0 Å². The number of nitrogens with zero attached hydrogens (tertiary/aromatic N) is 1. The Hall–Kier alpha value is -1.22. The summed E-state index contributed by atoms with van der Waals surface area (Å²) in [6.07, 6.45) is 3.04. The van der Waals surface area contributed by atoms with E-state index in [0.29, 0.717) is 11.4 Å². The Kier molecular flexibility index (Phi) is 3.89. The van der Waals surface area contributed by atoms with Crippen LogP contribution in [0, 0.1) is 5.92 Å². The van der Waals surface area contributed by atoms with Crippen molar-refractivity contribution in [2.24, 2.45) is 5.92 Å². The Morgan fingerprint density at radius 1 is 1.41 bits per heavy atom. The molecule has 1 aliphatic rings. The highest BCUT2D eigenvalue weighted by molar-refractivity contribution is 6.34. The summed E-state index contributed by atoms with van der Waals surface area (Å²) in [6.45, 7) is 4.27. The number of carbonyl (C=O) groups is 1. The number of amides is 1. The third-order valence-corrected chi connectivity index (χ3v) is 3.61. The first kappa shape index (κ1) is 12.2. The van der Waals surface area contributed by atoms with E-state index in [4.69, 9.17) is 11.6 Å². The lowest BCUT2D eigenvalue weighted by Crippen LogP contribution is -2.33. The second-order valence-electron chi connectivity index (χ2n) is 4.57. The fraction of sp³-hybridized carbons (Fsp3) is 0.462. The Morgan fingerprint density at radius 2 is 2.12 bits per heavy atom. The van der Waals surface area contributed by atoms with Gasteiger partial charge in [-0.05, 0) is 30.9 Å². The Bertz CT molecular complexity index is 400. The van der Waals surface area contributed by atoms with Crippen LogP contribution < -0.4 is 10.2 Å². The summed E-state index contributed by atoms with van der Waals surface area (Å²) in [5.74, 6) is 0.774. The number of halogens is 1. The first-order valence-electron chi connectivity index (χ1n) is 5.96. The minimum absolute atomic E-state index is 0.696. The average molecular weight is 253 g/mol. The fourth-order valence-corrected chi connectivity index (χ4v) is 2.54. The molecule has 2 rings (SSSR count). The van der Waals surface area contributed by atoms with Gasteiger partial charge in [-0.25, -0.2) is 0 Å². The Morgan fingerprint density at radius 3 is 2.76 bits per heavy atom. The van der Waals surface area contributed by atoms with Crippen molar-refractivity contribution in [3.63, 3.8) is 0 Å².